The fourth-order valence-electron chi connectivity index (χ4n) is 2.41. The lowest BCUT2D eigenvalue weighted by Gasteiger charge is -2.14. The van der Waals surface area contributed by atoms with Gasteiger partial charge in [0, 0.05) is 5.39 Å². The van der Waals surface area contributed by atoms with E-state index in [0.717, 1.165) is 12.2 Å². The van der Waals surface area contributed by atoms with Gasteiger partial charge in [-0.3, -0.25) is 0 Å². The number of methoxy groups -OCH3 is 1. The van der Waals surface area contributed by atoms with Gasteiger partial charge in [0.2, 0.25) is 0 Å². The van der Waals surface area contributed by atoms with Gasteiger partial charge in [-0.05, 0) is 35.4 Å². The van der Waals surface area contributed by atoms with Gasteiger partial charge in [0.25, 0.3) is 0 Å². The van der Waals surface area contributed by atoms with E-state index in [9.17, 15) is 0 Å². The molecule has 3 rings (SSSR count). The van der Waals surface area contributed by atoms with E-state index >= 15 is 0 Å². The molecule has 0 saturated carbocycles. The molecule has 0 heterocycles. The van der Waals surface area contributed by atoms with E-state index in [4.69, 9.17) is 4.74 Å². The molecule has 1 nitrogen and oxygen atoms in total. The molecule has 0 aliphatic heterocycles. The fourth-order valence-corrected chi connectivity index (χ4v) is 2.41. The topological polar surface area (TPSA) is 9.23 Å². The Bertz CT molecular complexity index is 635. The molecular formula is C17H15O. The average molecular weight is 235 g/mol. The lowest BCUT2D eigenvalue weighted by molar-refractivity contribution is 0.420. The number of fused-ring (bicyclic) bond motifs is 1. The molecule has 1 aliphatic rings. The van der Waals surface area contributed by atoms with Crippen LogP contribution in [0.15, 0.2) is 54.6 Å². The number of rotatable bonds is 2. The summed E-state index contributed by atoms with van der Waals surface area (Å²) in [6.45, 7) is 0. The highest BCUT2D eigenvalue weighted by Gasteiger charge is 2.10. The summed E-state index contributed by atoms with van der Waals surface area (Å²) in [4.78, 5) is 0. The first-order valence-corrected chi connectivity index (χ1v) is 6.16. The highest BCUT2D eigenvalue weighted by molar-refractivity contribution is 5.99. The Labute approximate surface area is 107 Å². The van der Waals surface area contributed by atoms with Crippen molar-refractivity contribution >= 4 is 16.3 Å². The Hall–Kier alpha value is -2.02. The maximum absolute atomic E-state index is 5.43. The van der Waals surface area contributed by atoms with Crippen LogP contribution in [0, 0.1) is 6.42 Å². The van der Waals surface area contributed by atoms with Gasteiger partial charge >= 0.3 is 0 Å². The van der Waals surface area contributed by atoms with Crippen molar-refractivity contribution in [1.82, 2.24) is 0 Å². The van der Waals surface area contributed by atoms with Crippen LogP contribution < -0.4 is 4.74 Å². The number of allylic oxidation sites excluding steroid dienone is 4. The van der Waals surface area contributed by atoms with E-state index in [1.54, 1.807) is 7.11 Å². The fraction of sp³-hybridized carbons (Fsp3) is 0.118. The predicted molar refractivity (Wildman–Crippen MR) is 76.5 cm³/mol. The Kier molecular flexibility index (Phi) is 2.89. The molecule has 2 aromatic rings. The minimum atomic E-state index is 0.932. The second kappa shape index (κ2) is 4.69. The second-order valence-corrected chi connectivity index (χ2v) is 4.35. The molecule has 0 aromatic heterocycles. The van der Waals surface area contributed by atoms with Gasteiger partial charge in [-0.1, -0.05) is 48.6 Å². The zero-order valence-electron chi connectivity index (χ0n) is 10.4. The van der Waals surface area contributed by atoms with Crippen LogP contribution >= 0.6 is 0 Å². The maximum atomic E-state index is 5.43. The summed E-state index contributed by atoms with van der Waals surface area (Å²) in [5.41, 5.74) is 2.56. The van der Waals surface area contributed by atoms with Crippen LogP contribution in [-0.2, 0) is 0 Å². The molecule has 1 aliphatic carbocycles. The minimum Gasteiger partial charge on any atom is -0.496 e. The van der Waals surface area contributed by atoms with E-state index in [0.29, 0.717) is 0 Å². The van der Waals surface area contributed by atoms with Crippen molar-refractivity contribution in [1.29, 1.82) is 0 Å². The molecule has 18 heavy (non-hydrogen) atoms. The third-order valence-corrected chi connectivity index (χ3v) is 3.30. The van der Waals surface area contributed by atoms with E-state index in [-0.39, 0.29) is 0 Å². The van der Waals surface area contributed by atoms with Crippen molar-refractivity contribution in [3.63, 3.8) is 0 Å². The number of ether oxygens (including phenoxy) is 1. The summed E-state index contributed by atoms with van der Waals surface area (Å²) in [6, 6.07) is 12.6. The molecule has 89 valence electrons. The van der Waals surface area contributed by atoms with Gasteiger partial charge in [-0.15, -0.1) is 0 Å². The van der Waals surface area contributed by atoms with Gasteiger partial charge in [-0.2, -0.15) is 0 Å². The Morgan fingerprint density at radius 3 is 2.56 bits per heavy atom. The van der Waals surface area contributed by atoms with Gasteiger partial charge < -0.3 is 4.74 Å². The summed E-state index contributed by atoms with van der Waals surface area (Å²) in [7, 11) is 1.72. The molecule has 0 bridgehead atoms. The monoisotopic (exact) mass is 235 g/mol. The molecule has 0 unspecified atom stereocenters. The third-order valence-electron chi connectivity index (χ3n) is 3.30. The highest BCUT2D eigenvalue weighted by Crippen LogP contribution is 2.34. The van der Waals surface area contributed by atoms with E-state index in [2.05, 4.69) is 48.9 Å². The van der Waals surface area contributed by atoms with E-state index in [1.165, 1.54) is 21.9 Å². The zero-order valence-corrected chi connectivity index (χ0v) is 10.4. The standard InChI is InChI=1S/C17H15O/c1-18-17-12-11-14(13-7-3-2-4-8-13)15-9-5-6-10-16(15)17/h2-3,5-12H,4H2,1H3. The molecule has 1 heteroatoms. The average Bonchev–Trinajstić information content (AvgIpc) is 2.47. The number of hydrogen-bond acceptors (Lipinski definition) is 1. The first-order valence-electron chi connectivity index (χ1n) is 6.16. The molecule has 0 saturated heterocycles. The van der Waals surface area contributed by atoms with Gasteiger partial charge in [0.15, 0.2) is 0 Å². The first-order chi connectivity index (χ1) is 8.90. The maximum Gasteiger partial charge on any atom is 0.126 e. The van der Waals surface area contributed by atoms with Gasteiger partial charge in [0.1, 0.15) is 5.75 Å². The van der Waals surface area contributed by atoms with Crippen molar-refractivity contribution in [3.05, 3.63) is 66.6 Å². The lowest BCUT2D eigenvalue weighted by atomic mass is 9.92. The van der Waals surface area contributed by atoms with Crippen molar-refractivity contribution in [3.8, 4) is 5.75 Å². The Morgan fingerprint density at radius 2 is 1.83 bits per heavy atom. The predicted octanol–water partition coefficient (Wildman–Crippen LogP) is 4.40. The van der Waals surface area contributed by atoms with Crippen LogP contribution in [-0.4, -0.2) is 7.11 Å². The number of hydrogen-bond donors (Lipinski definition) is 0. The van der Waals surface area contributed by atoms with Crippen LogP contribution in [0.25, 0.3) is 16.3 Å². The quantitative estimate of drug-likeness (QED) is 0.749. The largest absolute Gasteiger partial charge is 0.496 e. The lowest BCUT2D eigenvalue weighted by Crippen LogP contribution is -1.92. The van der Waals surface area contributed by atoms with Crippen molar-refractivity contribution in [2.45, 2.75) is 6.42 Å². The molecule has 2 aromatic carbocycles. The second-order valence-electron chi connectivity index (χ2n) is 4.35. The van der Waals surface area contributed by atoms with Crippen molar-refractivity contribution in [2.75, 3.05) is 7.11 Å². The van der Waals surface area contributed by atoms with Crippen LogP contribution in [0.5, 0.6) is 5.75 Å². The molecule has 0 amide bonds. The zero-order chi connectivity index (χ0) is 12.4. The minimum absolute atomic E-state index is 0.932. The summed E-state index contributed by atoms with van der Waals surface area (Å²) in [5, 5.41) is 2.41. The van der Waals surface area contributed by atoms with Crippen molar-refractivity contribution < 1.29 is 4.74 Å². The van der Waals surface area contributed by atoms with Crippen molar-refractivity contribution in [2.24, 2.45) is 0 Å². The summed E-state index contributed by atoms with van der Waals surface area (Å²) < 4.78 is 5.43. The summed E-state index contributed by atoms with van der Waals surface area (Å²) in [5.74, 6) is 0.932. The molecule has 0 fully saturated rings. The highest BCUT2D eigenvalue weighted by atomic mass is 16.5. The Balaban J connectivity index is 2.24. The van der Waals surface area contributed by atoms with E-state index < -0.39 is 0 Å². The van der Waals surface area contributed by atoms with Crippen LogP contribution in [0.3, 0.4) is 0 Å². The smallest absolute Gasteiger partial charge is 0.126 e. The molecule has 0 atom stereocenters. The number of benzene rings is 2. The van der Waals surface area contributed by atoms with Gasteiger partial charge in [0.05, 0.1) is 7.11 Å². The summed E-state index contributed by atoms with van der Waals surface area (Å²) >= 11 is 0. The van der Waals surface area contributed by atoms with Crippen LogP contribution in [0.2, 0.25) is 0 Å². The molecule has 0 spiro atoms. The van der Waals surface area contributed by atoms with Gasteiger partial charge in [-0.25, -0.2) is 0 Å². The molecular weight excluding hydrogens is 220 g/mol. The van der Waals surface area contributed by atoms with Crippen LogP contribution in [0.4, 0.5) is 0 Å². The normalized spacial score (nSPS) is 14.6. The summed E-state index contributed by atoms with van der Waals surface area (Å²) in [6.07, 6.45) is 9.71. The molecule has 0 N–H and O–H groups in total. The Morgan fingerprint density at radius 1 is 1.00 bits per heavy atom. The molecule has 1 radical (unpaired) electrons. The van der Waals surface area contributed by atoms with Crippen LogP contribution in [0.1, 0.15) is 12.0 Å². The SMILES string of the molecule is COc1ccc(C2=CC=CC[CH]2)c2ccccc12. The first kappa shape index (κ1) is 11.1. The third kappa shape index (κ3) is 1.82. The van der Waals surface area contributed by atoms with E-state index in [1.807, 2.05) is 12.1 Å².